The Balaban J connectivity index is 1.82. The molecule has 0 aliphatic carbocycles. The molecule has 0 radical (unpaired) electrons. The monoisotopic (exact) mass is 403 g/mol. The van der Waals surface area contributed by atoms with Gasteiger partial charge < -0.3 is 10.0 Å². The van der Waals surface area contributed by atoms with Crippen LogP contribution in [0.2, 0.25) is 0 Å². The first kappa shape index (κ1) is 20.3. The van der Waals surface area contributed by atoms with Crippen LogP contribution in [0, 0.1) is 11.3 Å². The van der Waals surface area contributed by atoms with E-state index in [9.17, 15) is 28.0 Å². The number of alkyl halides is 3. The number of aromatic carboxylic acids is 1. The summed E-state index contributed by atoms with van der Waals surface area (Å²) in [7, 11) is 0. The van der Waals surface area contributed by atoms with Crippen LogP contribution < -0.4 is 0 Å². The van der Waals surface area contributed by atoms with E-state index in [1.165, 1.54) is 4.90 Å². The normalized spacial score (nSPS) is 16.1. The maximum absolute atomic E-state index is 13.0. The molecule has 29 heavy (non-hydrogen) atoms. The molecule has 1 aromatic carbocycles. The molecule has 0 unspecified atom stereocenters. The quantitative estimate of drug-likeness (QED) is 0.847. The van der Waals surface area contributed by atoms with Crippen molar-refractivity contribution < 1.29 is 27.9 Å². The fourth-order valence-electron chi connectivity index (χ4n) is 3.45. The second-order valence-corrected chi connectivity index (χ2v) is 6.77. The Kier molecular flexibility index (Phi) is 5.29. The highest BCUT2D eigenvalue weighted by molar-refractivity contribution is 5.96. The van der Waals surface area contributed by atoms with Gasteiger partial charge in [0.25, 0.3) is 5.91 Å². The Morgan fingerprint density at radius 3 is 2.31 bits per heavy atom. The molecule has 3 rings (SSSR count). The summed E-state index contributed by atoms with van der Waals surface area (Å²) in [6.45, 7) is 0.402. The van der Waals surface area contributed by atoms with E-state index in [-0.39, 0.29) is 18.8 Å². The zero-order valence-electron chi connectivity index (χ0n) is 15.1. The first-order valence-corrected chi connectivity index (χ1v) is 8.74. The van der Waals surface area contributed by atoms with Crippen LogP contribution >= 0.6 is 0 Å². The number of nitriles is 1. The Hall–Kier alpha value is -3.41. The fourth-order valence-corrected chi connectivity index (χ4v) is 3.45. The molecule has 1 amide bonds. The molecular weight excluding hydrogens is 387 g/mol. The smallest absolute Gasteiger partial charge is 0.418 e. The van der Waals surface area contributed by atoms with Crippen LogP contribution in [-0.4, -0.2) is 40.0 Å². The van der Waals surface area contributed by atoms with Crippen molar-refractivity contribution in [2.75, 3.05) is 13.1 Å². The van der Waals surface area contributed by atoms with E-state index in [0.29, 0.717) is 25.1 Å². The summed E-state index contributed by atoms with van der Waals surface area (Å²) in [4.78, 5) is 28.8. The van der Waals surface area contributed by atoms with E-state index >= 15 is 0 Å². The number of aromatic nitrogens is 1. The molecule has 1 aliphatic rings. The van der Waals surface area contributed by atoms with Gasteiger partial charge in [-0.3, -0.25) is 9.78 Å². The molecular formula is C20H16F3N3O3. The summed E-state index contributed by atoms with van der Waals surface area (Å²) >= 11 is 0. The highest BCUT2D eigenvalue weighted by Crippen LogP contribution is 2.36. The van der Waals surface area contributed by atoms with Crippen molar-refractivity contribution in [1.82, 2.24) is 9.88 Å². The van der Waals surface area contributed by atoms with Gasteiger partial charge >= 0.3 is 12.1 Å². The Bertz CT molecular complexity index is 976. The SMILES string of the molecule is N#CC1(c2ccccc2)CCN(C(=O)c2cc(C(=O)O)c(C(F)(F)F)cn2)CC1. The van der Waals surface area contributed by atoms with Gasteiger partial charge in [0.05, 0.1) is 22.6 Å². The molecule has 0 saturated carbocycles. The van der Waals surface area contributed by atoms with Crippen molar-refractivity contribution in [3.63, 3.8) is 0 Å². The van der Waals surface area contributed by atoms with Gasteiger partial charge in [-0.2, -0.15) is 18.4 Å². The molecule has 1 N–H and O–H groups in total. The number of likely N-dealkylation sites (tertiary alicyclic amines) is 1. The van der Waals surface area contributed by atoms with Crippen molar-refractivity contribution in [2.24, 2.45) is 0 Å². The third-order valence-corrected chi connectivity index (χ3v) is 5.10. The van der Waals surface area contributed by atoms with E-state index in [1.807, 2.05) is 30.3 Å². The lowest BCUT2D eigenvalue weighted by molar-refractivity contribution is -0.138. The summed E-state index contributed by atoms with van der Waals surface area (Å²) in [5.74, 6) is -2.46. The number of benzene rings is 1. The average molecular weight is 403 g/mol. The standard InChI is InChI=1S/C20H16F3N3O3/c21-20(22,23)15-11-25-16(10-14(15)18(28)29)17(27)26-8-6-19(12-24,7-9-26)13-4-2-1-3-5-13/h1-5,10-11H,6-9H2,(H,28,29). The van der Waals surface area contributed by atoms with Crippen molar-refractivity contribution >= 4 is 11.9 Å². The molecule has 1 fully saturated rings. The first-order chi connectivity index (χ1) is 13.7. The maximum Gasteiger partial charge on any atom is 0.418 e. The summed E-state index contributed by atoms with van der Waals surface area (Å²) < 4.78 is 38.9. The number of amides is 1. The number of carboxylic acids is 1. The average Bonchev–Trinajstić information content (AvgIpc) is 2.72. The van der Waals surface area contributed by atoms with Crippen molar-refractivity contribution in [3.05, 3.63) is 65.0 Å². The minimum atomic E-state index is -4.89. The number of carboxylic acid groups (broad SMARTS) is 1. The van der Waals surface area contributed by atoms with Gasteiger partial charge in [0.1, 0.15) is 5.69 Å². The number of carbonyl (C=O) groups excluding carboxylic acids is 1. The molecule has 2 heterocycles. The van der Waals surface area contributed by atoms with Gasteiger partial charge in [-0.25, -0.2) is 4.79 Å². The largest absolute Gasteiger partial charge is 0.478 e. The molecule has 1 aromatic heterocycles. The van der Waals surface area contributed by atoms with Crippen LogP contribution in [0.5, 0.6) is 0 Å². The highest BCUT2D eigenvalue weighted by Gasteiger charge is 2.39. The second kappa shape index (κ2) is 7.54. The number of carbonyl (C=O) groups is 2. The summed E-state index contributed by atoms with van der Waals surface area (Å²) in [5.41, 5.74) is -2.72. The summed E-state index contributed by atoms with van der Waals surface area (Å²) in [6, 6.07) is 12.2. The van der Waals surface area contributed by atoms with Crippen LogP contribution in [0.3, 0.4) is 0 Å². The van der Waals surface area contributed by atoms with Gasteiger partial charge in [-0.1, -0.05) is 30.3 Å². The molecule has 2 aromatic rings. The summed E-state index contributed by atoms with van der Waals surface area (Å²) in [5, 5.41) is 18.8. The zero-order valence-corrected chi connectivity index (χ0v) is 15.1. The molecule has 0 atom stereocenters. The number of hydrogen-bond donors (Lipinski definition) is 1. The number of halogens is 3. The lowest BCUT2D eigenvalue weighted by atomic mass is 9.74. The van der Waals surface area contributed by atoms with Crippen molar-refractivity contribution in [2.45, 2.75) is 24.4 Å². The van der Waals surface area contributed by atoms with Crippen LogP contribution in [0.4, 0.5) is 13.2 Å². The van der Waals surface area contributed by atoms with E-state index in [0.717, 1.165) is 5.56 Å². The van der Waals surface area contributed by atoms with Gasteiger partial charge in [-0.05, 0) is 24.5 Å². The summed E-state index contributed by atoms with van der Waals surface area (Å²) in [6.07, 6.45) is -3.82. The minimum absolute atomic E-state index is 0.201. The third kappa shape index (κ3) is 3.92. The molecule has 6 nitrogen and oxygen atoms in total. The van der Waals surface area contributed by atoms with Crippen molar-refractivity contribution in [3.8, 4) is 6.07 Å². The van der Waals surface area contributed by atoms with Gasteiger partial charge in [0.2, 0.25) is 0 Å². The van der Waals surface area contributed by atoms with Crippen LogP contribution in [-0.2, 0) is 11.6 Å². The zero-order chi connectivity index (χ0) is 21.2. The van der Waals surface area contributed by atoms with Gasteiger partial charge in [0, 0.05) is 19.3 Å². The topological polar surface area (TPSA) is 94.3 Å². The van der Waals surface area contributed by atoms with Crippen LogP contribution in [0.15, 0.2) is 42.6 Å². The second-order valence-electron chi connectivity index (χ2n) is 6.77. The van der Waals surface area contributed by atoms with E-state index in [2.05, 4.69) is 11.1 Å². The molecule has 1 aliphatic heterocycles. The molecule has 150 valence electrons. The van der Waals surface area contributed by atoms with Gasteiger partial charge in [0.15, 0.2) is 0 Å². The Labute approximate surface area is 164 Å². The maximum atomic E-state index is 13.0. The lowest BCUT2D eigenvalue weighted by Gasteiger charge is -2.37. The molecule has 0 spiro atoms. The minimum Gasteiger partial charge on any atom is -0.478 e. The Morgan fingerprint density at radius 1 is 1.17 bits per heavy atom. The lowest BCUT2D eigenvalue weighted by Crippen LogP contribution is -2.45. The number of hydrogen-bond acceptors (Lipinski definition) is 4. The Morgan fingerprint density at radius 2 is 1.79 bits per heavy atom. The van der Waals surface area contributed by atoms with Crippen LogP contribution in [0.25, 0.3) is 0 Å². The third-order valence-electron chi connectivity index (χ3n) is 5.10. The fraction of sp³-hybridized carbons (Fsp3) is 0.300. The number of pyridine rings is 1. The molecule has 1 saturated heterocycles. The number of rotatable bonds is 3. The van der Waals surface area contributed by atoms with Gasteiger partial charge in [-0.15, -0.1) is 0 Å². The van der Waals surface area contributed by atoms with E-state index in [1.54, 1.807) is 0 Å². The van der Waals surface area contributed by atoms with E-state index in [4.69, 9.17) is 5.11 Å². The molecule has 9 heteroatoms. The number of nitrogens with zero attached hydrogens (tertiary/aromatic N) is 3. The predicted molar refractivity (Wildman–Crippen MR) is 95.1 cm³/mol. The first-order valence-electron chi connectivity index (χ1n) is 8.74. The van der Waals surface area contributed by atoms with Crippen molar-refractivity contribution in [1.29, 1.82) is 5.26 Å². The highest BCUT2D eigenvalue weighted by atomic mass is 19.4. The predicted octanol–water partition coefficient (Wildman–Crippen LogP) is 3.50. The van der Waals surface area contributed by atoms with E-state index < -0.39 is 34.6 Å². The number of piperidine rings is 1. The molecule has 0 bridgehead atoms. The van der Waals surface area contributed by atoms with Crippen LogP contribution in [0.1, 0.15) is 44.8 Å².